The highest BCUT2D eigenvalue weighted by atomic mass is 32.2. The number of sulfone groups is 1. The maximum atomic E-state index is 12.7. The highest BCUT2D eigenvalue weighted by molar-refractivity contribution is 7.95. The van der Waals surface area contributed by atoms with Crippen molar-refractivity contribution in [1.29, 1.82) is 5.39 Å². The van der Waals surface area contributed by atoms with Gasteiger partial charge in [-0.15, -0.1) is 6.58 Å². The second-order valence-electron chi connectivity index (χ2n) is 4.66. The van der Waals surface area contributed by atoms with Crippen LogP contribution in [0.25, 0.3) is 15.7 Å². The lowest BCUT2D eigenvalue weighted by atomic mass is 10.1. The van der Waals surface area contributed by atoms with Crippen LogP contribution in [-0.2, 0) is 9.84 Å². The zero-order valence-electron chi connectivity index (χ0n) is 11.8. The van der Waals surface area contributed by atoms with Crippen molar-refractivity contribution in [2.45, 2.75) is 17.7 Å². The first-order valence-electron chi connectivity index (χ1n) is 6.63. The molecule has 0 fully saturated rings. The lowest BCUT2D eigenvalue weighted by Crippen LogP contribution is -2.06. The van der Waals surface area contributed by atoms with Crippen LogP contribution in [0.4, 0.5) is 0 Å². The number of aliphatic hydroxyl groups excluding tert-OH is 1. The van der Waals surface area contributed by atoms with Crippen molar-refractivity contribution in [3.8, 4) is 0 Å². The molecule has 0 aromatic heterocycles. The van der Waals surface area contributed by atoms with E-state index < -0.39 is 20.6 Å². The van der Waals surface area contributed by atoms with Crippen molar-refractivity contribution in [2.24, 2.45) is 0 Å². The maximum Gasteiger partial charge on any atom is 0.515 e. The van der Waals surface area contributed by atoms with Crippen molar-refractivity contribution >= 4 is 20.6 Å². The fraction of sp³-hybridized carbons (Fsp3) is 0.125. The molecule has 2 aromatic carbocycles. The maximum absolute atomic E-state index is 12.7. The molecule has 112 valence electrons. The number of nitrogens with zero attached hydrogens (tertiary/aromatic N) is 2. The van der Waals surface area contributed by atoms with Crippen LogP contribution in [0.2, 0.25) is 0 Å². The molecule has 0 radical (unpaired) electrons. The Balaban J connectivity index is 2.67. The summed E-state index contributed by atoms with van der Waals surface area (Å²) in [5, 5.41) is 19.5. The Labute approximate surface area is 128 Å². The molecule has 2 aromatic rings. The van der Waals surface area contributed by atoms with Gasteiger partial charge in [-0.25, -0.2) is 8.42 Å². The second kappa shape index (κ2) is 6.41. The van der Waals surface area contributed by atoms with Crippen molar-refractivity contribution in [2.75, 3.05) is 0 Å². The molecule has 0 heterocycles. The third-order valence-electron chi connectivity index (χ3n) is 3.22. The Hall–Kier alpha value is -2.65. The molecule has 5 nitrogen and oxygen atoms in total. The minimum atomic E-state index is -4.13. The van der Waals surface area contributed by atoms with Crippen molar-refractivity contribution in [3.05, 3.63) is 70.9 Å². The van der Waals surface area contributed by atoms with Crippen LogP contribution in [0.15, 0.2) is 70.8 Å². The van der Waals surface area contributed by atoms with Crippen LogP contribution >= 0.6 is 0 Å². The lowest BCUT2D eigenvalue weighted by molar-refractivity contribution is 0.387. The molecule has 1 N–H and O–H groups in total. The first-order chi connectivity index (χ1) is 10.5. The minimum Gasteiger partial charge on any atom is -0.504 e. The highest BCUT2D eigenvalue weighted by Gasteiger charge is 2.37. The molecule has 0 spiro atoms. The molecule has 0 aliphatic heterocycles. The van der Waals surface area contributed by atoms with Gasteiger partial charge in [0.15, 0.2) is 4.98 Å². The van der Waals surface area contributed by atoms with Crippen molar-refractivity contribution in [1.82, 2.24) is 0 Å². The van der Waals surface area contributed by atoms with Crippen LogP contribution in [0, 0.1) is 5.39 Å². The molecular weight excluding hydrogens is 300 g/mol. The topological polar surface area (TPSA) is 82.5 Å². The Morgan fingerprint density at radius 3 is 2.59 bits per heavy atom. The van der Waals surface area contributed by atoms with Gasteiger partial charge >= 0.3 is 5.03 Å². The summed E-state index contributed by atoms with van der Waals surface area (Å²) < 4.78 is 25.4. The van der Waals surface area contributed by atoms with Gasteiger partial charge in [-0.2, -0.15) is 0 Å². The van der Waals surface area contributed by atoms with E-state index in [2.05, 4.69) is 11.6 Å². The molecule has 0 amide bonds. The van der Waals surface area contributed by atoms with Gasteiger partial charge in [-0.1, -0.05) is 42.5 Å². The smallest absolute Gasteiger partial charge is 0.504 e. The number of allylic oxidation sites excluding steroid dienone is 2. The number of aliphatic hydroxyl groups is 1. The number of benzene rings is 2. The Morgan fingerprint density at radius 2 is 1.91 bits per heavy atom. The summed E-state index contributed by atoms with van der Waals surface area (Å²) >= 11 is 0. The van der Waals surface area contributed by atoms with Crippen LogP contribution in [-0.4, -0.2) is 13.5 Å². The second-order valence-corrected chi connectivity index (χ2v) is 6.49. The lowest BCUT2D eigenvalue weighted by Gasteiger charge is -2.04. The van der Waals surface area contributed by atoms with E-state index in [1.165, 1.54) is 12.1 Å². The number of fused-ring (bicyclic) bond motifs is 1. The van der Waals surface area contributed by atoms with E-state index in [0.717, 1.165) is 5.39 Å². The molecule has 0 aliphatic carbocycles. The van der Waals surface area contributed by atoms with E-state index in [0.29, 0.717) is 11.8 Å². The number of hydrogen-bond acceptors (Lipinski definition) is 4. The van der Waals surface area contributed by atoms with Gasteiger partial charge in [0.25, 0.3) is 9.84 Å². The van der Waals surface area contributed by atoms with Gasteiger partial charge < -0.3 is 5.11 Å². The molecule has 0 unspecified atom stereocenters. The van der Waals surface area contributed by atoms with Crippen molar-refractivity contribution < 1.29 is 13.5 Å². The van der Waals surface area contributed by atoms with E-state index in [1.807, 2.05) is 0 Å². The summed E-state index contributed by atoms with van der Waals surface area (Å²) in [5.41, 5.74) is 0. The van der Waals surface area contributed by atoms with Gasteiger partial charge in [-0.05, 0) is 17.9 Å². The Bertz CT molecular complexity index is 888. The standard InChI is InChI=1S/C16H14N2O3S/c1-2-3-10-14(19)16(18-17)22(20,21)15-11-6-8-12-7-4-5-9-13(12)15/h2,4-9,11H,1,3,10H2/p+1/b16-14-. The summed E-state index contributed by atoms with van der Waals surface area (Å²) in [5.74, 6) is -0.490. The zero-order chi connectivity index (χ0) is 16.2. The van der Waals surface area contributed by atoms with E-state index in [-0.39, 0.29) is 11.3 Å². The highest BCUT2D eigenvalue weighted by Crippen LogP contribution is 2.30. The van der Waals surface area contributed by atoms with E-state index in [9.17, 15) is 13.5 Å². The zero-order valence-corrected chi connectivity index (χ0v) is 12.6. The van der Waals surface area contributed by atoms with E-state index >= 15 is 0 Å². The molecule has 0 bridgehead atoms. The van der Waals surface area contributed by atoms with Crippen molar-refractivity contribution in [3.63, 3.8) is 0 Å². The molecule has 0 aliphatic rings. The van der Waals surface area contributed by atoms with Crippen LogP contribution in [0.1, 0.15) is 12.8 Å². The van der Waals surface area contributed by atoms with Crippen LogP contribution < -0.4 is 0 Å². The first kappa shape index (κ1) is 15.7. The average molecular weight is 315 g/mol. The Morgan fingerprint density at radius 1 is 1.23 bits per heavy atom. The summed E-state index contributed by atoms with van der Waals surface area (Å²) in [4.78, 5) is 2.79. The quantitative estimate of drug-likeness (QED) is 0.510. The minimum absolute atomic E-state index is 0.0106. The van der Waals surface area contributed by atoms with Crippen LogP contribution in [0.3, 0.4) is 0 Å². The van der Waals surface area contributed by atoms with Gasteiger partial charge in [0, 0.05) is 11.8 Å². The molecular formula is C16H15N2O3S+. The number of diazo groups is 1. The normalized spacial score (nSPS) is 12.5. The molecule has 0 saturated heterocycles. The summed E-state index contributed by atoms with van der Waals surface area (Å²) in [6, 6.07) is 11.8. The predicted octanol–water partition coefficient (Wildman–Crippen LogP) is 4.16. The summed E-state index contributed by atoms with van der Waals surface area (Å²) in [6.07, 6.45) is 1.94. The Kier molecular flexibility index (Phi) is 4.59. The van der Waals surface area contributed by atoms with Gasteiger partial charge in [0.05, 0.1) is 4.90 Å². The SMILES string of the molecule is C=CCC/C(O)=C(\[N+]#N)S(=O)(=O)c1cccc2ccccc12. The fourth-order valence-electron chi connectivity index (χ4n) is 2.15. The fourth-order valence-corrected chi connectivity index (χ4v) is 3.61. The third-order valence-corrected chi connectivity index (χ3v) is 4.98. The molecule has 2 rings (SSSR count). The number of hydrogen-bond donors (Lipinski definition) is 1. The molecule has 0 atom stereocenters. The monoisotopic (exact) mass is 315 g/mol. The third kappa shape index (κ3) is 2.85. The summed E-state index contributed by atoms with van der Waals surface area (Å²) in [7, 11) is -4.13. The average Bonchev–Trinajstić information content (AvgIpc) is 2.52. The largest absolute Gasteiger partial charge is 0.515 e. The van der Waals surface area contributed by atoms with Gasteiger partial charge in [0.1, 0.15) is 0 Å². The predicted molar refractivity (Wildman–Crippen MR) is 85.3 cm³/mol. The molecule has 6 heteroatoms. The molecule has 0 saturated carbocycles. The van der Waals surface area contributed by atoms with E-state index in [4.69, 9.17) is 5.39 Å². The van der Waals surface area contributed by atoms with Gasteiger partial charge in [-0.3, -0.25) is 0 Å². The van der Waals surface area contributed by atoms with E-state index in [1.54, 1.807) is 36.4 Å². The summed E-state index contributed by atoms with van der Waals surface area (Å²) in [6.45, 7) is 3.50. The van der Waals surface area contributed by atoms with Crippen LogP contribution in [0.5, 0.6) is 0 Å². The van der Waals surface area contributed by atoms with Gasteiger partial charge in [0.2, 0.25) is 11.2 Å². The molecule has 22 heavy (non-hydrogen) atoms. The number of rotatable bonds is 5. The first-order valence-corrected chi connectivity index (χ1v) is 8.11.